The highest BCUT2D eigenvalue weighted by Crippen LogP contribution is 2.25. The summed E-state index contributed by atoms with van der Waals surface area (Å²) in [6, 6.07) is 10.6. The Morgan fingerprint density at radius 2 is 1.77 bits per heavy atom. The van der Waals surface area contributed by atoms with Gasteiger partial charge in [0.2, 0.25) is 11.8 Å². The molecule has 3 atom stereocenters. The van der Waals surface area contributed by atoms with Crippen molar-refractivity contribution in [3.8, 4) is 0 Å². The quantitative estimate of drug-likeness (QED) is 0.876. The maximum Gasteiger partial charge on any atom is 0.245 e. The van der Waals surface area contributed by atoms with Crippen LogP contribution in [0.5, 0.6) is 0 Å². The number of fused-ring (bicyclic) bond motifs is 2. The molecule has 0 aliphatic carbocycles. The zero-order chi connectivity index (χ0) is 17.2. The third kappa shape index (κ3) is 4.04. The van der Waals surface area contributed by atoms with E-state index in [9.17, 15) is 9.59 Å². The van der Waals surface area contributed by atoms with Crippen molar-refractivity contribution in [2.45, 2.75) is 56.7 Å². The summed E-state index contributed by atoms with van der Waals surface area (Å²) >= 11 is 0. The normalized spacial score (nSPS) is 27.8. The lowest BCUT2D eigenvalue weighted by Gasteiger charge is -2.31. The number of hydrogen-bond acceptors (Lipinski definition) is 3. The van der Waals surface area contributed by atoms with Gasteiger partial charge in [-0.15, -0.1) is 12.4 Å². The molecule has 3 saturated heterocycles. The summed E-state index contributed by atoms with van der Waals surface area (Å²) in [6.45, 7) is 2.33. The first-order valence-electron chi connectivity index (χ1n) is 9.59. The zero-order valence-electron chi connectivity index (χ0n) is 15.1. The molecule has 142 valence electrons. The highest BCUT2D eigenvalue weighted by molar-refractivity contribution is 5.89. The summed E-state index contributed by atoms with van der Waals surface area (Å²) in [5.74, 6) is 0.241. The summed E-state index contributed by atoms with van der Waals surface area (Å²) in [5, 5.41) is 3.62. The van der Waals surface area contributed by atoms with Crippen molar-refractivity contribution >= 4 is 24.2 Å². The van der Waals surface area contributed by atoms with Crippen molar-refractivity contribution in [2.24, 2.45) is 0 Å². The highest BCUT2D eigenvalue weighted by atomic mass is 35.5. The number of nitrogens with one attached hydrogen (secondary N) is 1. The number of carbonyl (C=O) groups is 2. The van der Waals surface area contributed by atoms with Crippen LogP contribution in [-0.2, 0) is 16.0 Å². The molecule has 0 spiro atoms. The molecular weight excluding hydrogens is 350 g/mol. The first-order valence-corrected chi connectivity index (χ1v) is 9.59. The van der Waals surface area contributed by atoms with Crippen LogP contribution in [0.4, 0.5) is 0 Å². The van der Waals surface area contributed by atoms with E-state index in [0.717, 1.165) is 44.3 Å². The van der Waals surface area contributed by atoms with E-state index in [4.69, 9.17) is 0 Å². The number of carbonyl (C=O) groups excluding carboxylic acids is 2. The Balaban J connectivity index is 0.00000196. The van der Waals surface area contributed by atoms with E-state index in [2.05, 4.69) is 5.32 Å². The first-order chi connectivity index (χ1) is 12.2. The van der Waals surface area contributed by atoms with Crippen molar-refractivity contribution in [3.63, 3.8) is 0 Å². The Labute approximate surface area is 161 Å². The van der Waals surface area contributed by atoms with Gasteiger partial charge < -0.3 is 15.1 Å². The van der Waals surface area contributed by atoms with E-state index in [-0.39, 0.29) is 30.3 Å². The van der Waals surface area contributed by atoms with Crippen LogP contribution in [0.2, 0.25) is 0 Å². The van der Waals surface area contributed by atoms with Gasteiger partial charge in [0, 0.05) is 31.7 Å². The molecule has 2 bridgehead atoms. The molecular formula is C20H28ClN3O2. The number of benzene rings is 1. The molecule has 1 N–H and O–H groups in total. The topological polar surface area (TPSA) is 52.7 Å². The summed E-state index contributed by atoms with van der Waals surface area (Å²) in [4.78, 5) is 29.7. The smallest absolute Gasteiger partial charge is 0.245 e. The first kappa shape index (κ1) is 19.2. The van der Waals surface area contributed by atoms with Gasteiger partial charge in [-0.3, -0.25) is 9.59 Å². The van der Waals surface area contributed by atoms with Gasteiger partial charge in [0.05, 0.1) is 6.42 Å². The second-order valence-electron chi connectivity index (χ2n) is 7.62. The standard InChI is InChI=1S/C20H27N3O2.ClH/c24-19(13-15-5-2-1-3-6-15)23-11-4-7-18(23)20(25)22-12-10-16-8-9-17(14-22)21-16;/h1-3,5-6,16-18,21H,4,7-14H2;1H. The number of hydrogen-bond donors (Lipinski definition) is 1. The lowest BCUT2D eigenvalue weighted by molar-refractivity contribution is -0.143. The van der Waals surface area contributed by atoms with E-state index in [1.807, 2.05) is 40.1 Å². The minimum atomic E-state index is -0.257. The van der Waals surface area contributed by atoms with E-state index >= 15 is 0 Å². The molecule has 0 aromatic heterocycles. The highest BCUT2D eigenvalue weighted by Gasteiger charge is 2.39. The van der Waals surface area contributed by atoms with Gasteiger partial charge in [-0.1, -0.05) is 30.3 Å². The van der Waals surface area contributed by atoms with Crippen LogP contribution in [-0.4, -0.2) is 59.4 Å². The number of rotatable bonds is 3. The summed E-state index contributed by atoms with van der Waals surface area (Å²) in [6.07, 6.45) is 5.55. The second kappa shape index (κ2) is 8.40. The summed E-state index contributed by atoms with van der Waals surface area (Å²) in [5.41, 5.74) is 1.02. The van der Waals surface area contributed by atoms with Gasteiger partial charge in [-0.05, 0) is 37.7 Å². The monoisotopic (exact) mass is 377 g/mol. The number of amides is 2. The lowest BCUT2D eigenvalue weighted by Crippen LogP contribution is -2.50. The van der Waals surface area contributed by atoms with Crippen LogP contribution in [0.25, 0.3) is 0 Å². The molecule has 4 rings (SSSR count). The second-order valence-corrected chi connectivity index (χ2v) is 7.62. The Morgan fingerprint density at radius 1 is 1.00 bits per heavy atom. The molecule has 1 aromatic rings. The lowest BCUT2D eigenvalue weighted by atomic mass is 10.1. The van der Waals surface area contributed by atoms with Crippen LogP contribution >= 0.6 is 12.4 Å². The molecule has 3 fully saturated rings. The molecule has 6 heteroatoms. The SMILES string of the molecule is Cl.O=C(C1CCCN1C(=O)Cc1ccccc1)N1CCC2CCC(C1)N2. The average Bonchev–Trinajstić information content (AvgIpc) is 3.22. The van der Waals surface area contributed by atoms with E-state index in [0.29, 0.717) is 25.0 Å². The van der Waals surface area contributed by atoms with Crippen molar-refractivity contribution in [2.75, 3.05) is 19.6 Å². The van der Waals surface area contributed by atoms with Gasteiger partial charge in [0.15, 0.2) is 0 Å². The number of likely N-dealkylation sites (tertiary alicyclic amines) is 2. The van der Waals surface area contributed by atoms with E-state index < -0.39 is 0 Å². The maximum atomic E-state index is 13.1. The molecule has 2 amide bonds. The van der Waals surface area contributed by atoms with Crippen molar-refractivity contribution in [3.05, 3.63) is 35.9 Å². The fraction of sp³-hybridized carbons (Fsp3) is 0.600. The number of nitrogens with zero attached hydrogens (tertiary/aromatic N) is 2. The average molecular weight is 378 g/mol. The molecule has 3 aliphatic rings. The molecule has 3 unspecified atom stereocenters. The van der Waals surface area contributed by atoms with Crippen LogP contribution in [0.3, 0.4) is 0 Å². The molecule has 26 heavy (non-hydrogen) atoms. The molecule has 1 aromatic carbocycles. The minimum absolute atomic E-state index is 0. The predicted molar refractivity (Wildman–Crippen MR) is 103 cm³/mol. The Kier molecular flexibility index (Phi) is 6.20. The van der Waals surface area contributed by atoms with Crippen molar-refractivity contribution < 1.29 is 9.59 Å². The zero-order valence-corrected chi connectivity index (χ0v) is 15.9. The Bertz CT molecular complexity index is 639. The maximum absolute atomic E-state index is 13.1. The fourth-order valence-electron chi connectivity index (χ4n) is 4.55. The van der Waals surface area contributed by atoms with E-state index in [1.54, 1.807) is 0 Å². The fourth-order valence-corrected chi connectivity index (χ4v) is 4.55. The molecule has 5 nitrogen and oxygen atoms in total. The van der Waals surface area contributed by atoms with Gasteiger partial charge in [0.1, 0.15) is 6.04 Å². The third-order valence-corrected chi connectivity index (χ3v) is 5.89. The van der Waals surface area contributed by atoms with Crippen LogP contribution < -0.4 is 5.32 Å². The van der Waals surface area contributed by atoms with Crippen LogP contribution in [0, 0.1) is 0 Å². The summed E-state index contributed by atoms with van der Waals surface area (Å²) < 4.78 is 0. The predicted octanol–water partition coefficient (Wildman–Crippen LogP) is 1.99. The third-order valence-electron chi connectivity index (χ3n) is 5.89. The van der Waals surface area contributed by atoms with Crippen LogP contribution in [0.15, 0.2) is 30.3 Å². The molecule has 0 saturated carbocycles. The molecule has 3 aliphatic heterocycles. The van der Waals surface area contributed by atoms with Gasteiger partial charge in [0.25, 0.3) is 0 Å². The van der Waals surface area contributed by atoms with E-state index in [1.165, 1.54) is 6.42 Å². The largest absolute Gasteiger partial charge is 0.339 e. The van der Waals surface area contributed by atoms with Crippen molar-refractivity contribution in [1.29, 1.82) is 0 Å². The van der Waals surface area contributed by atoms with Crippen LogP contribution in [0.1, 0.15) is 37.7 Å². The minimum Gasteiger partial charge on any atom is -0.339 e. The van der Waals surface area contributed by atoms with Crippen molar-refractivity contribution in [1.82, 2.24) is 15.1 Å². The Morgan fingerprint density at radius 3 is 2.58 bits per heavy atom. The van der Waals surface area contributed by atoms with Gasteiger partial charge in [-0.2, -0.15) is 0 Å². The molecule has 3 heterocycles. The number of halogens is 1. The van der Waals surface area contributed by atoms with Gasteiger partial charge >= 0.3 is 0 Å². The Hall–Kier alpha value is -1.59. The summed E-state index contributed by atoms with van der Waals surface area (Å²) in [7, 11) is 0. The molecule has 0 radical (unpaired) electrons. The van der Waals surface area contributed by atoms with Gasteiger partial charge in [-0.25, -0.2) is 0 Å².